The number of rotatable bonds is 6. The van der Waals surface area contributed by atoms with Crippen LogP contribution in [0.3, 0.4) is 0 Å². The van der Waals surface area contributed by atoms with Crippen LogP contribution in [0.2, 0.25) is 0 Å². The maximum atomic E-state index is 13.3. The summed E-state index contributed by atoms with van der Waals surface area (Å²) in [5, 5.41) is 3.55. The highest BCUT2D eigenvalue weighted by Gasteiger charge is 2.17. The quantitative estimate of drug-likeness (QED) is 0.815. The van der Waals surface area contributed by atoms with Gasteiger partial charge in [-0.3, -0.25) is 0 Å². The van der Waals surface area contributed by atoms with Gasteiger partial charge in [-0.1, -0.05) is 36.4 Å². The van der Waals surface area contributed by atoms with E-state index in [0.717, 1.165) is 24.0 Å². The minimum atomic E-state index is -0.167. The Bertz CT molecular complexity index is 575. The van der Waals surface area contributed by atoms with E-state index in [2.05, 4.69) is 43.4 Å². The molecule has 112 valence electrons. The molecule has 0 saturated heterocycles. The summed E-state index contributed by atoms with van der Waals surface area (Å²) in [5.41, 5.74) is 3.54. The van der Waals surface area contributed by atoms with E-state index in [9.17, 15) is 4.39 Å². The molecule has 0 amide bonds. The lowest BCUT2D eigenvalue weighted by molar-refractivity contribution is 0.360. The lowest BCUT2D eigenvalue weighted by Gasteiger charge is -2.27. The van der Waals surface area contributed by atoms with Gasteiger partial charge in [0.25, 0.3) is 0 Å². The molecule has 0 aliphatic rings. The van der Waals surface area contributed by atoms with E-state index in [-0.39, 0.29) is 11.4 Å². The molecule has 0 spiro atoms. The Hall–Kier alpha value is -1.67. The molecule has 2 aromatic rings. The Labute approximate surface area is 127 Å². The normalized spacial score (nSPS) is 11.6. The van der Waals surface area contributed by atoms with Gasteiger partial charge in [0.2, 0.25) is 0 Å². The van der Waals surface area contributed by atoms with E-state index in [4.69, 9.17) is 0 Å². The van der Waals surface area contributed by atoms with Gasteiger partial charge in [0.15, 0.2) is 0 Å². The van der Waals surface area contributed by atoms with E-state index in [1.165, 1.54) is 11.6 Å². The average Bonchev–Trinajstić information content (AvgIpc) is 2.47. The van der Waals surface area contributed by atoms with Crippen molar-refractivity contribution < 1.29 is 4.39 Å². The summed E-state index contributed by atoms with van der Waals surface area (Å²) < 4.78 is 13.3. The fraction of sp³-hybridized carbons (Fsp3) is 0.368. The van der Waals surface area contributed by atoms with E-state index in [0.29, 0.717) is 6.54 Å². The predicted octanol–water partition coefficient (Wildman–Crippen LogP) is 4.64. The standard InChI is InChI=1S/C19H24FN/c1-15-9-10-18(20)13-17(15)14-21-19(2,3)12-11-16-7-5-4-6-8-16/h4-10,13,21H,11-12,14H2,1-3H3. The third-order valence-electron chi connectivity index (χ3n) is 3.95. The minimum Gasteiger partial charge on any atom is -0.308 e. The molecular formula is C19H24FN. The SMILES string of the molecule is Cc1ccc(F)cc1CNC(C)(C)CCc1ccccc1. The minimum absolute atomic E-state index is 0.0224. The molecule has 0 aromatic heterocycles. The Kier molecular flexibility index (Phi) is 5.13. The third-order valence-corrected chi connectivity index (χ3v) is 3.95. The molecule has 2 heteroatoms. The first-order chi connectivity index (χ1) is 9.96. The molecule has 0 bridgehead atoms. The maximum Gasteiger partial charge on any atom is 0.123 e. The van der Waals surface area contributed by atoms with Crippen LogP contribution in [0, 0.1) is 12.7 Å². The second-order valence-electron chi connectivity index (χ2n) is 6.29. The van der Waals surface area contributed by atoms with E-state index < -0.39 is 0 Å². The first-order valence-corrected chi connectivity index (χ1v) is 7.50. The van der Waals surface area contributed by atoms with Crippen molar-refractivity contribution >= 4 is 0 Å². The Morgan fingerprint density at radius 2 is 1.76 bits per heavy atom. The van der Waals surface area contributed by atoms with Crippen molar-refractivity contribution in [2.75, 3.05) is 0 Å². The van der Waals surface area contributed by atoms with Crippen LogP contribution in [0.15, 0.2) is 48.5 Å². The van der Waals surface area contributed by atoms with Crippen molar-refractivity contribution in [1.82, 2.24) is 5.32 Å². The molecule has 1 N–H and O–H groups in total. The molecule has 0 unspecified atom stereocenters. The highest BCUT2D eigenvalue weighted by molar-refractivity contribution is 5.26. The van der Waals surface area contributed by atoms with Crippen LogP contribution in [-0.4, -0.2) is 5.54 Å². The highest BCUT2D eigenvalue weighted by atomic mass is 19.1. The average molecular weight is 285 g/mol. The van der Waals surface area contributed by atoms with Gasteiger partial charge in [0, 0.05) is 12.1 Å². The largest absolute Gasteiger partial charge is 0.308 e. The van der Waals surface area contributed by atoms with Crippen LogP contribution in [0.1, 0.15) is 37.0 Å². The van der Waals surface area contributed by atoms with Gasteiger partial charge >= 0.3 is 0 Å². The molecule has 0 heterocycles. The van der Waals surface area contributed by atoms with E-state index >= 15 is 0 Å². The molecule has 0 fully saturated rings. The number of hydrogen-bond acceptors (Lipinski definition) is 1. The highest BCUT2D eigenvalue weighted by Crippen LogP contribution is 2.16. The second kappa shape index (κ2) is 6.86. The summed E-state index contributed by atoms with van der Waals surface area (Å²) in [5.74, 6) is -0.167. The molecule has 0 aliphatic carbocycles. The Balaban J connectivity index is 1.90. The zero-order chi connectivity index (χ0) is 15.3. The van der Waals surface area contributed by atoms with Crippen LogP contribution in [0.25, 0.3) is 0 Å². The van der Waals surface area contributed by atoms with E-state index in [1.54, 1.807) is 6.07 Å². The molecule has 1 nitrogen and oxygen atoms in total. The summed E-state index contributed by atoms with van der Waals surface area (Å²) in [6, 6.07) is 15.5. The van der Waals surface area contributed by atoms with Crippen LogP contribution in [-0.2, 0) is 13.0 Å². The fourth-order valence-corrected chi connectivity index (χ4v) is 2.35. The number of benzene rings is 2. The van der Waals surface area contributed by atoms with Crippen molar-refractivity contribution in [3.8, 4) is 0 Å². The molecule has 2 rings (SSSR count). The van der Waals surface area contributed by atoms with Gasteiger partial charge < -0.3 is 5.32 Å². The molecule has 0 atom stereocenters. The molecule has 0 radical (unpaired) electrons. The number of hydrogen-bond donors (Lipinski definition) is 1. The van der Waals surface area contributed by atoms with Crippen molar-refractivity contribution in [3.63, 3.8) is 0 Å². The van der Waals surface area contributed by atoms with Crippen molar-refractivity contribution in [2.45, 2.75) is 45.7 Å². The molecule has 0 aliphatic heterocycles. The first-order valence-electron chi connectivity index (χ1n) is 7.50. The van der Waals surface area contributed by atoms with Crippen molar-refractivity contribution in [1.29, 1.82) is 0 Å². The lowest BCUT2D eigenvalue weighted by Crippen LogP contribution is -2.39. The van der Waals surface area contributed by atoms with Gasteiger partial charge in [-0.15, -0.1) is 0 Å². The molecule has 0 saturated carbocycles. The summed E-state index contributed by atoms with van der Waals surface area (Å²) in [6.45, 7) is 7.12. The van der Waals surface area contributed by atoms with Gasteiger partial charge in [0.1, 0.15) is 5.82 Å². The number of halogens is 1. The lowest BCUT2D eigenvalue weighted by atomic mass is 9.94. The summed E-state index contributed by atoms with van der Waals surface area (Å²) in [6.07, 6.45) is 2.09. The van der Waals surface area contributed by atoms with Crippen LogP contribution in [0.5, 0.6) is 0 Å². The second-order valence-corrected chi connectivity index (χ2v) is 6.29. The predicted molar refractivity (Wildman–Crippen MR) is 86.8 cm³/mol. The molecule has 21 heavy (non-hydrogen) atoms. The molecular weight excluding hydrogens is 261 g/mol. The Morgan fingerprint density at radius 1 is 1.05 bits per heavy atom. The number of aryl methyl sites for hydroxylation is 2. The smallest absolute Gasteiger partial charge is 0.123 e. The van der Waals surface area contributed by atoms with E-state index in [1.807, 2.05) is 19.1 Å². The van der Waals surface area contributed by atoms with Crippen LogP contribution in [0.4, 0.5) is 4.39 Å². The zero-order valence-corrected chi connectivity index (χ0v) is 13.1. The maximum absolute atomic E-state index is 13.3. The van der Waals surface area contributed by atoms with Crippen LogP contribution < -0.4 is 5.32 Å². The van der Waals surface area contributed by atoms with Crippen molar-refractivity contribution in [2.24, 2.45) is 0 Å². The Morgan fingerprint density at radius 3 is 2.48 bits per heavy atom. The van der Waals surface area contributed by atoms with Gasteiger partial charge in [0.05, 0.1) is 0 Å². The third kappa shape index (κ3) is 4.98. The number of nitrogens with one attached hydrogen (secondary N) is 1. The monoisotopic (exact) mass is 285 g/mol. The first kappa shape index (κ1) is 15.7. The van der Waals surface area contributed by atoms with Gasteiger partial charge in [-0.05, 0) is 62.4 Å². The van der Waals surface area contributed by atoms with Gasteiger partial charge in [-0.2, -0.15) is 0 Å². The molecule has 2 aromatic carbocycles. The summed E-state index contributed by atoms with van der Waals surface area (Å²) >= 11 is 0. The van der Waals surface area contributed by atoms with Gasteiger partial charge in [-0.25, -0.2) is 4.39 Å². The van der Waals surface area contributed by atoms with Crippen LogP contribution >= 0.6 is 0 Å². The fourth-order valence-electron chi connectivity index (χ4n) is 2.35. The topological polar surface area (TPSA) is 12.0 Å². The van der Waals surface area contributed by atoms with Crippen molar-refractivity contribution in [3.05, 3.63) is 71.0 Å². The summed E-state index contributed by atoms with van der Waals surface area (Å²) in [4.78, 5) is 0. The summed E-state index contributed by atoms with van der Waals surface area (Å²) in [7, 11) is 0. The zero-order valence-electron chi connectivity index (χ0n) is 13.1.